The standard InChI is InChI=1S/C20H41NO3/c1-8-9-10-15(2)13-17(4)19(22)12-11-16(3)14-18(5)20(23)21(6)24-7/h15-19,22H,8-14H2,1-7H3/t15-,16?,17+,18?,19?/m1/s1. The molecule has 24 heavy (non-hydrogen) atoms. The second kappa shape index (κ2) is 12.7. The van der Waals surface area contributed by atoms with E-state index in [0.717, 1.165) is 25.7 Å². The normalized spacial score (nSPS) is 17.8. The van der Waals surface area contributed by atoms with E-state index >= 15 is 0 Å². The van der Waals surface area contributed by atoms with Crippen LogP contribution in [-0.2, 0) is 9.63 Å². The fraction of sp³-hybridized carbons (Fsp3) is 0.950. The minimum Gasteiger partial charge on any atom is -0.393 e. The molecule has 0 rings (SSSR count). The van der Waals surface area contributed by atoms with Crippen molar-refractivity contribution >= 4 is 5.91 Å². The van der Waals surface area contributed by atoms with Crippen LogP contribution in [-0.4, -0.2) is 36.3 Å². The highest BCUT2D eigenvalue weighted by molar-refractivity contribution is 5.77. The van der Waals surface area contributed by atoms with Crippen LogP contribution in [0.15, 0.2) is 0 Å². The van der Waals surface area contributed by atoms with Gasteiger partial charge in [0.25, 0.3) is 0 Å². The molecule has 1 N–H and O–H groups in total. The lowest BCUT2D eigenvalue weighted by Gasteiger charge is -2.25. The molecule has 0 aromatic heterocycles. The quantitative estimate of drug-likeness (QED) is 0.495. The lowest BCUT2D eigenvalue weighted by Crippen LogP contribution is -2.31. The zero-order valence-electron chi connectivity index (χ0n) is 17.0. The maximum atomic E-state index is 12.0. The number of carbonyl (C=O) groups is 1. The first-order valence-electron chi connectivity index (χ1n) is 9.72. The summed E-state index contributed by atoms with van der Waals surface area (Å²) in [6.07, 6.45) is 7.27. The number of hydrogen-bond acceptors (Lipinski definition) is 3. The van der Waals surface area contributed by atoms with Crippen molar-refractivity contribution in [2.75, 3.05) is 14.2 Å². The predicted molar refractivity (Wildman–Crippen MR) is 100 cm³/mol. The van der Waals surface area contributed by atoms with Gasteiger partial charge in [0.05, 0.1) is 13.2 Å². The Morgan fingerprint density at radius 1 is 1.04 bits per heavy atom. The maximum absolute atomic E-state index is 12.0. The Hall–Kier alpha value is -0.610. The number of aliphatic hydroxyl groups excluding tert-OH is 1. The number of nitrogens with zero attached hydrogens (tertiary/aromatic N) is 1. The molecule has 0 spiro atoms. The summed E-state index contributed by atoms with van der Waals surface area (Å²) < 4.78 is 0. The van der Waals surface area contributed by atoms with Crippen molar-refractivity contribution < 1.29 is 14.7 Å². The Balaban J connectivity index is 4.11. The van der Waals surface area contributed by atoms with Gasteiger partial charge in [-0.15, -0.1) is 0 Å². The van der Waals surface area contributed by atoms with Crippen molar-refractivity contribution in [2.45, 2.75) is 85.7 Å². The monoisotopic (exact) mass is 343 g/mol. The van der Waals surface area contributed by atoms with E-state index in [4.69, 9.17) is 4.84 Å². The Labute approximate surface area is 149 Å². The number of hydroxylamine groups is 2. The topological polar surface area (TPSA) is 49.8 Å². The van der Waals surface area contributed by atoms with Crippen molar-refractivity contribution in [2.24, 2.45) is 23.7 Å². The maximum Gasteiger partial charge on any atom is 0.248 e. The minimum atomic E-state index is -0.232. The molecule has 0 aliphatic heterocycles. The minimum absolute atomic E-state index is 0.0167. The third-order valence-electron chi connectivity index (χ3n) is 5.20. The first-order chi connectivity index (χ1) is 11.2. The molecule has 0 saturated heterocycles. The summed E-state index contributed by atoms with van der Waals surface area (Å²) in [5.74, 6) is 1.43. The van der Waals surface area contributed by atoms with Crippen LogP contribution in [0.4, 0.5) is 0 Å². The van der Waals surface area contributed by atoms with E-state index in [-0.39, 0.29) is 17.9 Å². The number of hydrogen-bond donors (Lipinski definition) is 1. The van der Waals surface area contributed by atoms with Gasteiger partial charge in [0.15, 0.2) is 0 Å². The zero-order valence-corrected chi connectivity index (χ0v) is 17.0. The number of rotatable bonds is 13. The molecule has 0 aliphatic rings. The fourth-order valence-electron chi connectivity index (χ4n) is 3.42. The summed E-state index contributed by atoms with van der Waals surface area (Å²) in [6, 6.07) is 0. The average molecular weight is 344 g/mol. The van der Waals surface area contributed by atoms with Crippen molar-refractivity contribution in [1.29, 1.82) is 0 Å². The highest BCUT2D eigenvalue weighted by atomic mass is 16.7. The summed E-state index contributed by atoms with van der Waals surface area (Å²) in [5, 5.41) is 11.7. The smallest absolute Gasteiger partial charge is 0.248 e. The van der Waals surface area contributed by atoms with E-state index in [9.17, 15) is 9.90 Å². The molecular formula is C20H41NO3. The van der Waals surface area contributed by atoms with Gasteiger partial charge >= 0.3 is 0 Å². The van der Waals surface area contributed by atoms with Gasteiger partial charge in [0.1, 0.15) is 0 Å². The summed E-state index contributed by atoms with van der Waals surface area (Å²) in [7, 11) is 3.15. The largest absolute Gasteiger partial charge is 0.393 e. The van der Waals surface area contributed by atoms with Crippen LogP contribution in [0.2, 0.25) is 0 Å². The van der Waals surface area contributed by atoms with E-state index in [0.29, 0.717) is 17.8 Å². The van der Waals surface area contributed by atoms with Gasteiger partial charge in [-0.25, -0.2) is 5.06 Å². The molecule has 1 amide bonds. The van der Waals surface area contributed by atoms with Gasteiger partial charge in [0, 0.05) is 13.0 Å². The number of amides is 1. The molecule has 3 unspecified atom stereocenters. The van der Waals surface area contributed by atoms with Crippen molar-refractivity contribution in [3.05, 3.63) is 0 Å². The molecule has 0 aromatic rings. The Morgan fingerprint density at radius 3 is 2.17 bits per heavy atom. The highest BCUT2D eigenvalue weighted by Crippen LogP contribution is 2.25. The second-order valence-corrected chi connectivity index (χ2v) is 7.87. The number of carbonyl (C=O) groups excluding carboxylic acids is 1. The molecular weight excluding hydrogens is 302 g/mol. The van der Waals surface area contributed by atoms with Crippen molar-refractivity contribution in [3.63, 3.8) is 0 Å². The molecule has 5 atom stereocenters. The summed E-state index contributed by atoms with van der Waals surface area (Å²) >= 11 is 0. The molecule has 4 heteroatoms. The molecule has 0 aliphatic carbocycles. The van der Waals surface area contributed by atoms with Gasteiger partial charge in [-0.1, -0.05) is 53.9 Å². The number of aliphatic hydroxyl groups is 1. The Bertz CT molecular complexity index is 335. The molecule has 0 fully saturated rings. The third-order valence-corrected chi connectivity index (χ3v) is 5.20. The Morgan fingerprint density at radius 2 is 1.62 bits per heavy atom. The summed E-state index contributed by atoms with van der Waals surface area (Å²) in [5.41, 5.74) is 0. The van der Waals surface area contributed by atoms with E-state index in [1.165, 1.54) is 31.4 Å². The Kier molecular flexibility index (Phi) is 12.4. The van der Waals surface area contributed by atoms with Crippen molar-refractivity contribution in [1.82, 2.24) is 5.06 Å². The SMILES string of the molecule is CCCC[C@@H](C)C[C@H](C)C(O)CCC(C)CC(C)C(=O)N(C)OC. The molecule has 0 saturated carbocycles. The van der Waals surface area contributed by atoms with E-state index in [1.807, 2.05) is 6.92 Å². The lowest BCUT2D eigenvalue weighted by molar-refractivity contribution is -0.173. The first kappa shape index (κ1) is 23.4. The van der Waals surface area contributed by atoms with Gasteiger partial charge in [-0.05, 0) is 43.4 Å². The molecule has 0 radical (unpaired) electrons. The van der Waals surface area contributed by atoms with E-state index < -0.39 is 0 Å². The van der Waals surface area contributed by atoms with E-state index in [1.54, 1.807) is 7.05 Å². The average Bonchev–Trinajstić information content (AvgIpc) is 2.55. The first-order valence-corrected chi connectivity index (χ1v) is 9.72. The van der Waals surface area contributed by atoms with Gasteiger partial charge in [0.2, 0.25) is 5.91 Å². The molecule has 0 bridgehead atoms. The number of unbranched alkanes of at least 4 members (excludes halogenated alkanes) is 1. The third kappa shape index (κ3) is 9.63. The lowest BCUT2D eigenvalue weighted by atomic mass is 9.86. The second-order valence-electron chi connectivity index (χ2n) is 7.87. The van der Waals surface area contributed by atoms with Crippen LogP contribution in [0.3, 0.4) is 0 Å². The molecule has 0 aromatic carbocycles. The van der Waals surface area contributed by atoms with Crippen LogP contribution in [0.1, 0.15) is 79.6 Å². The van der Waals surface area contributed by atoms with Gasteiger partial charge < -0.3 is 5.11 Å². The molecule has 4 nitrogen and oxygen atoms in total. The van der Waals surface area contributed by atoms with E-state index in [2.05, 4.69) is 27.7 Å². The molecule has 144 valence electrons. The highest BCUT2D eigenvalue weighted by Gasteiger charge is 2.22. The van der Waals surface area contributed by atoms with Gasteiger partial charge in [-0.3, -0.25) is 9.63 Å². The summed E-state index contributed by atoms with van der Waals surface area (Å²) in [6.45, 7) is 10.8. The summed E-state index contributed by atoms with van der Waals surface area (Å²) in [4.78, 5) is 17.0. The molecule has 0 heterocycles. The fourth-order valence-corrected chi connectivity index (χ4v) is 3.42. The van der Waals surface area contributed by atoms with Crippen LogP contribution >= 0.6 is 0 Å². The zero-order chi connectivity index (χ0) is 18.7. The van der Waals surface area contributed by atoms with Crippen LogP contribution in [0, 0.1) is 23.7 Å². The van der Waals surface area contributed by atoms with Crippen LogP contribution in [0.5, 0.6) is 0 Å². The van der Waals surface area contributed by atoms with Crippen molar-refractivity contribution in [3.8, 4) is 0 Å². The van der Waals surface area contributed by atoms with Crippen LogP contribution < -0.4 is 0 Å². The van der Waals surface area contributed by atoms with Gasteiger partial charge in [-0.2, -0.15) is 0 Å². The predicted octanol–water partition coefficient (Wildman–Crippen LogP) is 4.66. The van der Waals surface area contributed by atoms with Crippen LogP contribution in [0.25, 0.3) is 0 Å².